The molecule has 0 aliphatic rings. The Balaban J connectivity index is 1.85. The predicted octanol–water partition coefficient (Wildman–Crippen LogP) is 3.31. The lowest BCUT2D eigenvalue weighted by Crippen LogP contribution is -2.21. The average molecular weight is 312 g/mol. The number of carbonyl (C=O) groups excluding carboxylic acids is 1. The third kappa shape index (κ3) is 5.39. The monoisotopic (exact) mass is 312 g/mol. The maximum atomic E-state index is 12.0. The molecule has 0 fully saturated rings. The SMILES string of the molecule is C=CCOc1cccc(NC(=O)CNc2ccc(OC)cc2)c1. The lowest BCUT2D eigenvalue weighted by atomic mass is 10.3. The first-order valence-corrected chi connectivity index (χ1v) is 7.23. The molecule has 0 aliphatic carbocycles. The van der Waals surface area contributed by atoms with Crippen molar-refractivity contribution in [3.05, 3.63) is 61.2 Å². The third-order valence-electron chi connectivity index (χ3n) is 3.03. The Hall–Kier alpha value is -2.95. The Kier molecular flexibility index (Phi) is 6.06. The van der Waals surface area contributed by atoms with E-state index in [-0.39, 0.29) is 12.5 Å². The van der Waals surface area contributed by atoms with Crippen LogP contribution in [0.4, 0.5) is 11.4 Å². The number of methoxy groups -OCH3 is 1. The van der Waals surface area contributed by atoms with E-state index < -0.39 is 0 Å². The van der Waals surface area contributed by atoms with Crippen LogP contribution in [-0.2, 0) is 4.79 Å². The number of carbonyl (C=O) groups is 1. The standard InChI is InChI=1S/C18H20N2O3/c1-3-11-23-17-6-4-5-15(12-17)20-18(21)13-19-14-7-9-16(22-2)10-8-14/h3-10,12,19H,1,11,13H2,2H3,(H,20,21). The summed E-state index contributed by atoms with van der Waals surface area (Å²) in [5.41, 5.74) is 1.54. The summed E-state index contributed by atoms with van der Waals surface area (Å²) in [5, 5.41) is 5.87. The van der Waals surface area contributed by atoms with Gasteiger partial charge in [-0.15, -0.1) is 0 Å². The maximum Gasteiger partial charge on any atom is 0.243 e. The molecule has 0 bridgehead atoms. The summed E-state index contributed by atoms with van der Waals surface area (Å²) in [4.78, 5) is 12.0. The average Bonchev–Trinajstić information content (AvgIpc) is 2.59. The van der Waals surface area contributed by atoms with E-state index in [0.29, 0.717) is 18.0 Å². The smallest absolute Gasteiger partial charge is 0.243 e. The van der Waals surface area contributed by atoms with Crippen molar-refractivity contribution in [1.29, 1.82) is 0 Å². The van der Waals surface area contributed by atoms with Crippen LogP contribution in [0, 0.1) is 0 Å². The van der Waals surface area contributed by atoms with Gasteiger partial charge in [0.05, 0.1) is 13.7 Å². The first-order valence-electron chi connectivity index (χ1n) is 7.23. The van der Waals surface area contributed by atoms with Gasteiger partial charge in [-0.1, -0.05) is 18.7 Å². The van der Waals surface area contributed by atoms with Gasteiger partial charge in [-0.25, -0.2) is 0 Å². The van der Waals surface area contributed by atoms with Gasteiger partial charge in [-0.3, -0.25) is 4.79 Å². The molecule has 2 aromatic rings. The van der Waals surface area contributed by atoms with Crippen LogP contribution >= 0.6 is 0 Å². The van der Waals surface area contributed by atoms with E-state index in [0.717, 1.165) is 11.4 Å². The molecule has 0 radical (unpaired) electrons. The van der Waals surface area contributed by atoms with Crippen LogP contribution in [0.1, 0.15) is 0 Å². The van der Waals surface area contributed by atoms with Crippen molar-refractivity contribution in [2.24, 2.45) is 0 Å². The molecule has 0 saturated carbocycles. The first kappa shape index (κ1) is 16.4. The summed E-state index contributed by atoms with van der Waals surface area (Å²) in [5.74, 6) is 1.32. The lowest BCUT2D eigenvalue weighted by molar-refractivity contribution is -0.114. The number of amides is 1. The van der Waals surface area contributed by atoms with Crippen molar-refractivity contribution in [3.8, 4) is 11.5 Å². The highest BCUT2D eigenvalue weighted by Crippen LogP contribution is 2.18. The zero-order chi connectivity index (χ0) is 16.5. The molecule has 2 aromatic carbocycles. The third-order valence-corrected chi connectivity index (χ3v) is 3.03. The van der Waals surface area contributed by atoms with Gasteiger partial charge in [-0.2, -0.15) is 0 Å². The number of rotatable bonds is 8. The molecule has 0 unspecified atom stereocenters. The molecular weight excluding hydrogens is 292 g/mol. The zero-order valence-electron chi connectivity index (χ0n) is 13.0. The Labute approximate surface area is 135 Å². The molecule has 0 aromatic heterocycles. The quantitative estimate of drug-likeness (QED) is 0.734. The Morgan fingerprint density at radius 3 is 2.61 bits per heavy atom. The van der Waals surface area contributed by atoms with Crippen molar-refractivity contribution in [1.82, 2.24) is 0 Å². The normalized spacial score (nSPS) is 9.78. The van der Waals surface area contributed by atoms with Gasteiger partial charge < -0.3 is 20.1 Å². The van der Waals surface area contributed by atoms with Crippen molar-refractivity contribution >= 4 is 17.3 Å². The Morgan fingerprint density at radius 1 is 1.13 bits per heavy atom. The lowest BCUT2D eigenvalue weighted by Gasteiger charge is -2.10. The molecule has 0 heterocycles. The number of hydrogen-bond acceptors (Lipinski definition) is 4. The second kappa shape index (κ2) is 8.48. The van der Waals surface area contributed by atoms with Gasteiger partial charge in [0.1, 0.15) is 18.1 Å². The molecule has 2 N–H and O–H groups in total. The van der Waals surface area contributed by atoms with E-state index in [2.05, 4.69) is 17.2 Å². The van der Waals surface area contributed by atoms with Crippen molar-refractivity contribution in [2.45, 2.75) is 0 Å². The van der Waals surface area contributed by atoms with Gasteiger partial charge in [0.25, 0.3) is 0 Å². The fourth-order valence-corrected chi connectivity index (χ4v) is 1.92. The fourth-order valence-electron chi connectivity index (χ4n) is 1.92. The number of benzene rings is 2. The van der Waals surface area contributed by atoms with Crippen molar-refractivity contribution in [2.75, 3.05) is 30.9 Å². The number of anilines is 2. The van der Waals surface area contributed by atoms with E-state index in [1.807, 2.05) is 42.5 Å². The van der Waals surface area contributed by atoms with Crippen LogP contribution in [0.2, 0.25) is 0 Å². The summed E-state index contributed by atoms with van der Waals surface area (Å²) in [6.07, 6.45) is 1.67. The zero-order valence-corrected chi connectivity index (χ0v) is 13.0. The van der Waals surface area contributed by atoms with E-state index in [9.17, 15) is 4.79 Å². The summed E-state index contributed by atoms with van der Waals surface area (Å²) >= 11 is 0. The van der Waals surface area contributed by atoms with Gasteiger partial charge in [0, 0.05) is 17.4 Å². The minimum atomic E-state index is -0.137. The molecule has 0 aliphatic heterocycles. The van der Waals surface area contributed by atoms with Crippen LogP contribution in [0.5, 0.6) is 11.5 Å². The summed E-state index contributed by atoms with van der Waals surface area (Å²) in [6, 6.07) is 14.6. The topological polar surface area (TPSA) is 59.6 Å². The van der Waals surface area contributed by atoms with Crippen molar-refractivity contribution in [3.63, 3.8) is 0 Å². The predicted molar refractivity (Wildman–Crippen MR) is 92.2 cm³/mol. The molecule has 5 nitrogen and oxygen atoms in total. The van der Waals surface area contributed by atoms with E-state index >= 15 is 0 Å². The largest absolute Gasteiger partial charge is 0.497 e. The van der Waals surface area contributed by atoms with Crippen LogP contribution in [-0.4, -0.2) is 26.2 Å². The second-order valence-corrected chi connectivity index (χ2v) is 4.76. The summed E-state index contributed by atoms with van der Waals surface area (Å²) in [7, 11) is 1.61. The molecule has 5 heteroatoms. The van der Waals surface area contributed by atoms with E-state index in [4.69, 9.17) is 9.47 Å². The van der Waals surface area contributed by atoms with Crippen LogP contribution in [0.25, 0.3) is 0 Å². The molecule has 120 valence electrons. The van der Waals surface area contributed by atoms with Gasteiger partial charge >= 0.3 is 0 Å². The van der Waals surface area contributed by atoms with E-state index in [1.54, 1.807) is 19.3 Å². The van der Waals surface area contributed by atoms with E-state index in [1.165, 1.54) is 0 Å². The highest BCUT2D eigenvalue weighted by molar-refractivity contribution is 5.93. The molecule has 0 saturated heterocycles. The minimum absolute atomic E-state index is 0.137. The van der Waals surface area contributed by atoms with Crippen LogP contribution < -0.4 is 20.1 Å². The van der Waals surface area contributed by atoms with Gasteiger partial charge in [0.15, 0.2) is 0 Å². The molecule has 2 rings (SSSR count). The molecular formula is C18H20N2O3. The fraction of sp³-hybridized carbons (Fsp3) is 0.167. The molecule has 0 atom stereocenters. The second-order valence-electron chi connectivity index (χ2n) is 4.76. The minimum Gasteiger partial charge on any atom is -0.497 e. The van der Waals surface area contributed by atoms with Crippen LogP contribution in [0.15, 0.2) is 61.2 Å². The Bertz CT molecular complexity index is 654. The number of ether oxygens (including phenoxy) is 2. The maximum absolute atomic E-state index is 12.0. The highest BCUT2D eigenvalue weighted by Gasteiger charge is 2.03. The molecule has 23 heavy (non-hydrogen) atoms. The molecule has 1 amide bonds. The summed E-state index contributed by atoms with van der Waals surface area (Å²) in [6.45, 7) is 4.20. The van der Waals surface area contributed by atoms with Crippen LogP contribution in [0.3, 0.4) is 0 Å². The molecule has 0 spiro atoms. The van der Waals surface area contributed by atoms with Gasteiger partial charge in [0.2, 0.25) is 5.91 Å². The number of hydrogen-bond donors (Lipinski definition) is 2. The first-order chi connectivity index (χ1) is 11.2. The Morgan fingerprint density at radius 2 is 1.91 bits per heavy atom. The highest BCUT2D eigenvalue weighted by atomic mass is 16.5. The van der Waals surface area contributed by atoms with Gasteiger partial charge in [-0.05, 0) is 36.4 Å². The number of nitrogens with one attached hydrogen (secondary N) is 2. The van der Waals surface area contributed by atoms with Crippen molar-refractivity contribution < 1.29 is 14.3 Å². The summed E-state index contributed by atoms with van der Waals surface area (Å²) < 4.78 is 10.5.